The maximum atomic E-state index is 5.07. The Balaban J connectivity index is 1.75. The molecule has 1 heterocycles. The van der Waals surface area contributed by atoms with E-state index >= 15 is 0 Å². The number of ether oxygens (including phenoxy) is 1. The molecule has 0 saturated heterocycles. The fourth-order valence-electron chi connectivity index (χ4n) is 1.71. The third-order valence-electron chi connectivity index (χ3n) is 2.91. The van der Waals surface area contributed by atoms with E-state index in [2.05, 4.69) is 22.2 Å². The summed E-state index contributed by atoms with van der Waals surface area (Å²) in [6, 6.07) is 4.70. The zero-order chi connectivity index (χ0) is 11.4. The number of aromatic nitrogens is 1. The number of likely N-dealkylation sites (N-methyl/N-ethyl adjacent to an activating group) is 1. The van der Waals surface area contributed by atoms with Crippen molar-refractivity contribution in [2.75, 3.05) is 32.6 Å². The van der Waals surface area contributed by atoms with Gasteiger partial charge >= 0.3 is 0 Å². The number of nitrogens with zero attached hydrogens (tertiary/aromatic N) is 2. The maximum Gasteiger partial charge on any atom is 0.214 e. The Morgan fingerprint density at radius 1 is 1.56 bits per heavy atom. The second-order valence-corrected chi connectivity index (χ2v) is 4.23. The minimum atomic E-state index is 0.653. The van der Waals surface area contributed by atoms with Crippen LogP contribution in [0.5, 0.6) is 5.88 Å². The first-order valence-electron chi connectivity index (χ1n) is 5.74. The molecule has 1 aliphatic rings. The number of hydrogen-bond acceptors (Lipinski definition) is 4. The van der Waals surface area contributed by atoms with Gasteiger partial charge in [-0.05, 0) is 26.0 Å². The molecule has 1 aromatic rings. The molecule has 0 aliphatic heterocycles. The molecule has 1 N–H and O–H groups in total. The standard InChI is InChI=1S/C12H19N3O/c1-15(11-3-4-11)8-7-13-10-5-6-14-12(9-10)16-2/h5-6,9,11H,3-4,7-8H2,1-2H3,(H,13,14). The van der Waals surface area contributed by atoms with Crippen molar-refractivity contribution in [1.82, 2.24) is 9.88 Å². The van der Waals surface area contributed by atoms with Crippen molar-refractivity contribution in [3.63, 3.8) is 0 Å². The number of nitrogens with one attached hydrogen (secondary N) is 1. The maximum absolute atomic E-state index is 5.07. The highest BCUT2D eigenvalue weighted by molar-refractivity contribution is 5.44. The summed E-state index contributed by atoms with van der Waals surface area (Å²) in [6.07, 6.45) is 4.48. The highest BCUT2D eigenvalue weighted by atomic mass is 16.5. The highest BCUT2D eigenvalue weighted by Gasteiger charge is 2.25. The topological polar surface area (TPSA) is 37.4 Å². The predicted octanol–water partition coefficient (Wildman–Crippen LogP) is 1.60. The Hall–Kier alpha value is -1.29. The molecule has 4 nitrogen and oxygen atoms in total. The smallest absolute Gasteiger partial charge is 0.214 e. The molecule has 2 rings (SSSR count). The van der Waals surface area contributed by atoms with Crippen molar-refractivity contribution in [2.24, 2.45) is 0 Å². The van der Waals surface area contributed by atoms with Gasteiger partial charge in [0, 0.05) is 37.1 Å². The minimum Gasteiger partial charge on any atom is -0.481 e. The van der Waals surface area contributed by atoms with Crippen LogP contribution >= 0.6 is 0 Å². The van der Waals surface area contributed by atoms with Crippen LogP contribution in [0.1, 0.15) is 12.8 Å². The van der Waals surface area contributed by atoms with Crippen LogP contribution in [0.2, 0.25) is 0 Å². The van der Waals surface area contributed by atoms with Gasteiger partial charge < -0.3 is 15.0 Å². The van der Waals surface area contributed by atoms with Crippen LogP contribution in [-0.2, 0) is 0 Å². The lowest BCUT2D eigenvalue weighted by atomic mass is 10.4. The van der Waals surface area contributed by atoms with E-state index in [1.54, 1.807) is 13.3 Å². The Bertz CT molecular complexity index is 339. The fraction of sp³-hybridized carbons (Fsp3) is 0.583. The van der Waals surface area contributed by atoms with E-state index in [-0.39, 0.29) is 0 Å². The molecule has 0 amide bonds. The van der Waals surface area contributed by atoms with Gasteiger partial charge in [-0.15, -0.1) is 0 Å². The van der Waals surface area contributed by atoms with Gasteiger partial charge in [0.1, 0.15) is 0 Å². The molecule has 0 bridgehead atoms. The van der Waals surface area contributed by atoms with Crippen molar-refractivity contribution in [3.8, 4) is 5.88 Å². The molecule has 0 spiro atoms. The third kappa shape index (κ3) is 3.10. The lowest BCUT2D eigenvalue weighted by molar-refractivity contribution is 0.337. The number of pyridine rings is 1. The number of methoxy groups -OCH3 is 1. The monoisotopic (exact) mass is 221 g/mol. The number of rotatable bonds is 6. The van der Waals surface area contributed by atoms with Gasteiger partial charge in [0.25, 0.3) is 0 Å². The summed E-state index contributed by atoms with van der Waals surface area (Å²) >= 11 is 0. The van der Waals surface area contributed by atoms with Crippen LogP contribution < -0.4 is 10.1 Å². The van der Waals surface area contributed by atoms with Crippen LogP contribution in [-0.4, -0.2) is 43.2 Å². The molecule has 0 atom stereocenters. The fourth-order valence-corrected chi connectivity index (χ4v) is 1.71. The molecule has 0 aromatic carbocycles. The van der Waals surface area contributed by atoms with Crippen LogP contribution in [0.25, 0.3) is 0 Å². The van der Waals surface area contributed by atoms with E-state index in [1.165, 1.54) is 12.8 Å². The second kappa shape index (κ2) is 5.16. The van der Waals surface area contributed by atoms with Crippen molar-refractivity contribution in [1.29, 1.82) is 0 Å². The van der Waals surface area contributed by atoms with Gasteiger partial charge in [-0.2, -0.15) is 0 Å². The molecule has 1 aliphatic carbocycles. The van der Waals surface area contributed by atoms with Crippen molar-refractivity contribution in [2.45, 2.75) is 18.9 Å². The van der Waals surface area contributed by atoms with Gasteiger partial charge in [0.05, 0.1) is 7.11 Å². The Morgan fingerprint density at radius 2 is 2.38 bits per heavy atom. The molecule has 16 heavy (non-hydrogen) atoms. The van der Waals surface area contributed by atoms with Gasteiger partial charge in [0.15, 0.2) is 0 Å². The third-order valence-corrected chi connectivity index (χ3v) is 2.91. The zero-order valence-corrected chi connectivity index (χ0v) is 9.94. The van der Waals surface area contributed by atoms with Crippen LogP contribution in [0.4, 0.5) is 5.69 Å². The molecule has 4 heteroatoms. The molecular weight excluding hydrogens is 202 g/mol. The summed E-state index contributed by atoms with van der Waals surface area (Å²) in [5.74, 6) is 0.653. The molecule has 0 unspecified atom stereocenters. The quantitative estimate of drug-likeness (QED) is 0.791. The predicted molar refractivity (Wildman–Crippen MR) is 64.9 cm³/mol. The van der Waals surface area contributed by atoms with E-state index < -0.39 is 0 Å². The van der Waals surface area contributed by atoms with Gasteiger partial charge in [-0.1, -0.05) is 0 Å². The number of hydrogen-bond donors (Lipinski definition) is 1. The average molecular weight is 221 g/mol. The van der Waals surface area contributed by atoms with Crippen molar-refractivity contribution < 1.29 is 4.74 Å². The molecule has 1 saturated carbocycles. The van der Waals surface area contributed by atoms with E-state index in [9.17, 15) is 0 Å². The van der Waals surface area contributed by atoms with Crippen LogP contribution in [0.3, 0.4) is 0 Å². The summed E-state index contributed by atoms with van der Waals surface area (Å²) < 4.78 is 5.07. The number of anilines is 1. The van der Waals surface area contributed by atoms with Crippen molar-refractivity contribution in [3.05, 3.63) is 18.3 Å². The molecule has 1 aromatic heterocycles. The van der Waals surface area contributed by atoms with Gasteiger partial charge in [-0.3, -0.25) is 0 Å². The van der Waals surface area contributed by atoms with E-state index in [0.717, 1.165) is 24.8 Å². The Kier molecular flexibility index (Phi) is 3.62. The Morgan fingerprint density at radius 3 is 3.06 bits per heavy atom. The second-order valence-electron chi connectivity index (χ2n) is 4.23. The zero-order valence-electron chi connectivity index (χ0n) is 9.94. The summed E-state index contributed by atoms with van der Waals surface area (Å²) in [7, 11) is 3.82. The lowest BCUT2D eigenvalue weighted by Crippen LogP contribution is -2.26. The van der Waals surface area contributed by atoms with Crippen LogP contribution in [0.15, 0.2) is 18.3 Å². The molecule has 0 radical (unpaired) electrons. The summed E-state index contributed by atoms with van der Waals surface area (Å²) in [5.41, 5.74) is 1.07. The first-order valence-corrected chi connectivity index (χ1v) is 5.74. The van der Waals surface area contributed by atoms with Crippen LogP contribution in [0, 0.1) is 0 Å². The van der Waals surface area contributed by atoms with Gasteiger partial charge in [-0.25, -0.2) is 4.98 Å². The summed E-state index contributed by atoms with van der Waals surface area (Å²) in [4.78, 5) is 6.47. The Labute approximate surface area is 96.6 Å². The molecule has 1 fully saturated rings. The first kappa shape index (κ1) is 11.2. The van der Waals surface area contributed by atoms with Crippen molar-refractivity contribution >= 4 is 5.69 Å². The summed E-state index contributed by atoms with van der Waals surface area (Å²) in [6.45, 7) is 2.04. The molecule has 88 valence electrons. The highest BCUT2D eigenvalue weighted by Crippen LogP contribution is 2.24. The van der Waals surface area contributed by atoms with Gasteiger partial charge in [0.2, 0.25) is 5.88 Å². The summed E-state index contributed by atoms with van der Waals surface area (Å²) in [5, 5.41) is 3.37. The van der Waals surface area contributed by atoms with E-state index in [4.69, 9.17) is 4.74 Å². The average Bonchev–Trinajstić information content (AvgIpc) is 3.13. The SMILES string of the molecule is COc1cc(NCCN(C)C2CC2)ccn1. The van der Waals surface area contributed by atoms with E-state index in [0.29, 0.717) is 5.88 Å². The molecular formula is C12H19N3O. The normalized spacial score (nSPS) is 15.2. The lowest BCUT2D eigenvalue weighted by Gasteiger charge is -2.16. The van der Waals surface area contributed by atoms with E-state index in [1.807, 2.05) is 12.1 Å². The minimum absolute atomic E-state index is 0.653. The first-order chi connectivity index (χ1) is 7.79. The largest absolute Gasteiger partial charge is 0.481 e.